The van der Waals surface area contributed by atoms with E-state index in [1.807, 2.05) is 30.3 Å². The minimum atomic E-state index is -0.122. The molecule has 41 heavy (non-hydrogen) atoms. The number of phenolic OH excluding ortho intramolecular Hbond substituents is 2. The first-order valence-electron chi connectivity index (χ1n) is 14.0. The first-order valence-corrected chi connectivity index (χ1v) is 14.9. The van der Waals surface area contributed by atoms with Crippen LogP contribution in [0.1, 0.15) is 37.8 Å². The van der Waals surface area contributed by atoms with E-state index in [0.717, 1.165) is 40.4 Å². The van der Waals surface area contributed by atoms with E-state index < -0.39 is 0 Å². The Hall–Kier alpha value is -4.61. The Bertz CT molecular complexity index is 1810. The maximum absolute atomic E-state index is 9.97. The van der Waals surface area contributed by atoms with E-state index in [-0.39, 0.29) is 16.9 Å². The predicted molar refractivity (Wildman–Crippen MR) is 170 cm³/mol. The first-order chi connectivity index (χ1) is 20.0. The van der Waals surface area contributed by atoms with Crippen molar-refractivity contribution in [3.8, 4) is 33.2 Å². The molecule has 1 heterocycles. The van der Waals surface area contributed by atoms with Gasteiger partial charge in [0.2, 0.25) is 0 Å². The normalized spacial score (nSPS) is 13.2. The first kappa shape index (κ1) is 25.4. The van der Waals surface area contributed by atoms with Gasteiger partial charge < -0.3 is 15.1 Å². The Morgan fingerprint density at radius 2 is 1.22 bits per heavy atom. The lowest BCUT2D eigenvalue weighted by Gasteiger charge is -2.32. The molecule has 4 nitrogen and oxygen atoms in total. The molecule has 0 bridgehead atoms. The molecule has 0 aliphatic heterocycles. The van der Waals surface area contributed by atoms with Gasteiger partial charge >= 0.3 is 0 Å². The van der Waals surface area contributed by atoms with E-state index in [1.165, 1.54) is 32.5 Å². The summed E-state index contributed by atoms with van der Waals surface area (Å²) in [6, 6.07) is 36.4. The molecule has 0 spiro atoms. The summed E-state index contributed by atoms with van der Waals surface area (Å²) >= 11 is 1.75. The van der Waals surface area contributed by atoms with Crippen LogP contribution < -0.4 is 4.90 Å². The highest BCUT2D eigenvalue weighted by Gasteiger charge is 2.41. The second-order valence-corrected chi connectivity index (χ2v) is 11.7. The van der Waals surface area contributed by atoms with Crippen LogP contribution >= 0.6 is 11.3 Å². The second kappa shape index (κ2) is 9.79. The van der Waals surface area contributed by atoms with Crippen molar-refractivity contribution in [2.75, 3.05) is 4.90 Å². The third kappa shape index (κ3) is 4.08. The Balaban J connectivity index is 1.38. The molecule has 1 aromatic heterocycles. The van der Waals surface area contributed by atoms with Gasteiger partial charge in [-0.05, 0) is 114 Å². The molecule has 202 valence electrons. The summed E-state index contributed by atoms with van der Waals surface area (Å²) < 4.78 is 1.21. The average molecular weight is 555 g/mol. The van der Waals surface area contributed by atoms with Crippen molar-refractivity contribution in [2.45, 2.75) is 32.1 Å². The van der Waals surface area contributed by atoms with E-state index in [0.29, 0.717) is 0 Å². The number of fused-ring (bicyclic) bond motifs is 4. The Morgan fingerprint density at radius 3 is 1.83 bits per heavy atom. The van der Waals surface area contributed by atoms with Gasteiger partial charge in [-0.1, -0.05) is 44.2 Å². The number of benzene rings is 5. The number of para-hydroxylation sites is 1. The van der Waals surface area contributed by atoms with Gasteiger partial charge in [0.25, 0.3) is 0 Å². The summed E-state index contributed by atoms with van der Waals surface area (Å²) in [6.45, 7) is 4.58. The lowest BCUT2D eigenvalue weighted by Crippen LogP contribution is -2.23. The molecular weight excluding hydrogens is 524 g/mol. The molecule has 0 saturated carbocycles. The van der Waals surface area contributed by atoms with E-state index in [1.54, 1.807) is 35.6 Å². The van der Waals surface area contributed by atoms with E-state index in [2.05, 4.69) is 73.3 Å². The molecule has 0 saturated heterocycles. The quantitative estimate of drug-likeness (QED) is 0.215. The monoisotopic (exact) mass is 554 g/mol. The number of phenols is 2. The summed E-state index contributed by atoms with van der Waals surface area (Å²) in [6.07, 6.45) is 1.96. The van der Waals surface area contributed by atoms with Crippen molar-refractivity contribution in [2.24, 2.45) is 0 Å². The zero-order chi connectivity index (χ0) is 28.1. The van der Waals surface area contributed by atoms with Gasteiger partial charge in [0.15, 0.2) is 0 Å². The highest BCUT2D eigenvalue weighted by atomic mass is 32.1. The minimum absolute atomic E-state index is 0.122. The van der Waals surface area contributed by atoms with Crippen LogP contribution in [0.4, 0.5) is 17.1 Å². The number of aromatic hydroxyl groups is 2. The lowest BCUT2D eigenvalue weighted by atomic mass is 9.73. The maximum atomic E-state index is 9.97. The number of hydrogen-bond acceptors (Lipinski definition) is 5. The van der Waals surface area contributed by atoms with Crippen LogP contribution in [0.15, 0.2) is 109 Å². The molecule has 0 unspecified atom stereocenters. The molecule has 0 atom stereocenters. The number of aromatic nitrogens is 1. The van der Waals surface area contributed by atoms with Gasteiger partial charge in [-0.25, -0.2) is 4.98 Å². The Labute approximate surface area is 243 Å². The number of nitrogens with zero attached hydrogens (tertiary/aromatic N) is 2. The van der Waals surface area contributed by atoms with Crippen LogP contribution in [0.25, 0.3) is 31.9 Å². The number of thiazole rings is 1. The number of hydrogen-bond donors (Lipinski definition) is 2. The van der Waals surface area contributed by atoms with Crippen LogP contribution in [-0.2, 0) is 5.41 Å². The third-order valence-electron chi connectivity index (χ3n) is 8.57. The maximum Gasteiger partial charge on any atom is 0.124 e. The second-order valence-electron chi connectivity index (χ2n) is 10.6. The molecule has 5 aromatic carbocycles. The van der Waals surface area contributed by atoms with Gasteiger partial charge in [-0.15, -0.1) is 11.3 Å². The third-order valence-corrected chi connectivity index (χ3v) is 9.65. The molecule has 6 aromatic rings. The van der Waals surface area contributed by atoms with Crippen LogP contribution in [0.5, 0.6) is 11.5 Å². The fraction of sp³-hybridized carbons (Fsp3) is 0.139. The highest BCUT2D eigenvalue weighted by Crippen LogP contribution is 2.55. The molecule has 5 heteroatoms. The van der Waals surface area contributed by atoms with Crippen LogP contribution in [0, 0.1) is 0 Å². The zero-order valence-corrected chi connectivity index (χ0v) is 23.8. The standard InChI is InChI=1S/C36H30N2O2S/c1-3-36(4-2)31-21-23(35-37-33-7-5-6-8-34(33)41-35)9-19-29(31)30-20-14-26(22-32(30)36)38(24-10-15-27(39)16-11-24)25-12-17-28(40)18-13-25/h5-22,39-40H,3-4H2,1-2H3. The molecular formula is C36H30N2O2S. The van der Waals surface area contributed by atoms with Gasteiger partial charge in [-0.3, -0.25) is 0 Å². The van der Waals surface area contributed by atoms with Crippen molar-refractivity contribution in [1.29, 1.82) is 0 Å². The topological polar surface area (TPSA) is 56.6 Å². The van der Waals surface area contributed by atoms with E-state index in [9.17, 15) is 10.2 Å². The fourth-order valence-corrected chi connectivity index (χ4v) is 7.38. The minimum Gasteiger partial charge on any atom is -0.508 e. The predicted octanol–water partition coefficient (Wildman–Crippen LogP) is 9.93. The van der Waals surface area contributed by atoms with Gasteiger partial charge in [0, 0.05) is 28.0 Å². The van der Waals surface area contributed by atoms with Crippen molar-refractivity contribution in [3.63, 3.8) is 0 Å². The SMILES string of the molecule is CCC1(CC)c2cc(-c3nc4ccccc4s3)ccc2-c2ccc(N(c3ccc(O)cc3)c3ccc(O)cc3)cc21. The summed E-state index contributed by atoms with van der Waals surface area (Å²) in [5, 5.41) is 21.0. The zero-order valence-electron chi connectivity index (χ0n) is 23.0. The van der Waals surface area contributed by atoms with Gasteiger partial charge in [0.05, 0.1) is 10.2 Å². The van der Waals surface area contributed by atoms with Gasteiger partial charge in [0.1, 0.15) is 16.5 Å². The lowest BCUT2D eigenvalue weighted by molar-refractivity contribution is 0.475. The fourth-order valence-electron chi connectivity index (χ4n) is 6.41. The van der Waals surface area contributed by atoms with Crippen molar-refractivity contribution in [3.05, 3.63) is 120 Å². The van der Waals surface area contributed by atoms with Crippen molar-refractivity contribution >= 4 is 38.6 Å². The summed E-state index contributed by atoms with van der Waals surface area (Å²) in [5.41, 5.74) is 10.3. The molecule has 7 rings (SSSR count). The average Bonchev–Trinajstić information content (AvgIpc) is 3.56. The van der Waals surface area contributed by atoms with Crippen LogP contribution in [-0.4, -0.2) is 15.2 Å². The summed E-state index contributed by atoms with van der Waals surface area (Å²) in [5.74, 6) is 0.451. The molecule has 0 radical (unpaired) electrons. The largest absolute Gasteiger partial charge is 0.508 e. The van der Waals surface area contributed by atoms with Crippen molar-refractivity contribution in [1.82, 2.24) is 4.98 Å². The Kier molecular flexibility index (Phi) is 6.06. The summed E-state index contributed by atoms with van der Waals surface area (Å²) in [7, 11) is 0. The number of rotatable bonds is 6. The smallest absolute Gasteiger partial charge is 0.124 e. The molecule has 0 amide bonds. The van der Waals surface area contributed by atoms with Crippen molar-refractivity contribution < 1.29 is 10.2 Å². The van der Waals surface area contributed by atoms with Gasteiger partial charge in [-0.2, -0.15) is 0 Å². The van der Waals surface area contributed by atoms with E-state index in [4.69, 9.17) is 4.98 Å². The molecule has 2 N–H and O–H groups in total. The van der Waals surface area contributed by atoms with E-state index >= 15 is 0 Å². The number of anilines is 3. The molecule has 1 aliphatic rings. The van der Waals surface area contributed by atoms with Crippen LogP contribution in [0.3, 0.4) is 0 Å². The Morgan fingerprint density at radius 1 is 0.659 bits per heavy atom. The van der Waals surface area contributed by atoms with Crippen LogP contribution in [0.2, 0.25) is 0 Å². The highest BCUT2D eigenvalue weighted by molar-refractivity contribution is 7.21. The molecule has 1 aliphatic carbocycles. The summed E-state index contributed by atoms with van der Waals surface area (Å²) in [4.78, 5) is 7.12. The molecule has 0 fully saturated rings.